The molecule has 5 heteroatoms. The van der Waals surface area contributed by atoms with Crippen molar-refractivity contribution in [2.75, 3.05) is 13.2 Å². The quantitative estimate of drug-likeness (QED) is 0.288. The van der Waals surface area contributed by atoms with Crippen molar-refractivity contribution >= 4 is 16.7 Å². The van der Waals surface area contributed by atoms with Crippen molar-refractivity contribution < 1.29 is 19.7 Å². The first kappa shape index (κ1) is 24.7. The molecule has 3 fully saturated rings. The van der Waals surface area contributed by atoms with E-state index in [-0.39, 0.29) is 13.0 Å². The van der Waals surface area contributed by atoms with E-state index in [1.54, 1.807) is 0 Å². The number of carbonyl (C=O) groups is 1. The van der Waals surface area contributed by atoms with Gasteiger partial charge in [0.05, 0.1) is 0 Å². The molecule has 3 aliphatic rings. The van der Waals surface area contributed by atoms with Crippen LogP contribution in [0, 0.1) is 23.2 Å². The van der Waals surface area contributed by atoms with Gasteiger partial charge >= 0.3 is 5.97 Å². The fraction of sp³-hybridized carbons (Fsp3) is 0.552. The first-order valence-electron chi connectivity index (χ1n) is 12.7. The maximum Gasteiger partial charge on any atom is 0.303 e. The molecule has 0 aliphatic heterocycles. The van der Waals surface area contributed by atoms with Gasteiger partial charge in [-0.2, -0.15) is 0 Å². The Morgan fingerprint density at radius 2 is 1.97 bits per heavy atom. The smallest absolute Gasteiger partial charge is 0.303 e. The number of hydrogen-bond acceptors (Lipinski definition) is 4. The van der Waals surface area contributed by atoms with Crippen molar-refractivity contribution in [1.82, 2.24) is 5.32 Å². The van der Waals surface area contributed by atoms with E-state index in [9.17, 15) is 9.90 Å². The average Bonchev–Trinajstić information content (AvgIpc) is 2.83. The fourth-order valence-corrected chi connectivity index (χ4v) is 6.05. The molecule has 5 nitrogen and oxygen atoms in total. The summed E-state index contributed by atoms with van der Waals surface area (Å²) in [6, 6.07) is 14.6. The summed E-state index contributed by atoms with van der Waals surface area (Å²) in [5.41, 5.74) is 0.387. The molecule has 0 radical (unpaired) electrons. The van der Waals surface area contributed by atoms with Gasteiger partial charge in [0.2, 0.25) is 0 Å². The minimum absolute atomic E-state index is 0.231. The highest BCUT2D eigenvalue weighted by molar-refractivity contribution is 5.83. The van der Waals surface area contributed by atoms with Gasteiger partial charge in [-0.05, 0) is 78.2 Å². The molecule has 0 aromatic heterocycles. The lowest BCUT2D eigenvalue weighted by Crippen LogP contribution is -2.61. The van der Waals surface area contributed by atoms with Gasteiger partial charge in [0, 0.05) is 19.0 Å². The van der Waals surface area contributed by atoms with E-state index < -0.39 is 12.1 Å². The molecule has 0 saturated heterocycles. The SMILES string of the molecule is CC1(C)[C@H]2C[C@H](NC[C@@H](O)COc3ccc4ccccc4c3)[C@@H](C/C=C\CCCC(=O)O)[C@@H]1C2. The number of rotatable bonds is 12. The Morgan fingerprint density at radius 1 is 1.18 bits per heavy atom. The van der Waals surface area contributed by atoms with Crippen molar-refractivity contribution in [2.45, 2.75) is 64.5 Å². The summed E-state index contributed by atoms with van der Waals surface area (Å²) in [6.45, 7) is 5.59. The van der Waals surface area contributed by atoms with Crippen molar-refractivity contribution in [2.24, 2.45) is 23.2 Å². The molecular weight excluding hydrogens is 426 g/mol. The molecule has 5 rings (SSSR count). The molecule has 0 amide bonds. The Hall–Kier alpha value is -2.37. The van der Waals surface area contributed by atoms with E-state index in [0.29, 0.717) is 36.3 Å². The van der Waals surface area contributed by atoms with Gasteiger partial charge in [0.15, 0.2) is 0 Å². The first-order chi connectivity index (χ1) is 16.3. The summed E-state index contributed by atoms with van der Waals surface area (Å²) >= 11 is 0. The maximum atomic E-state index is 10.7. The largest absolute Gasteiger partial charge is 0.491 e. The molecule has 34 heavy (non-hydrogen) atoms. The first-order valence-corrected chi connectivity index (χ1v) is 12.7. The topological polar surface area (TPSA) is 78.8 Å². The molecule has 2 bridgehead atoms. The van der Waals surface area contributed by atoms with Crippen LogP contribution in [0.3, 0.4) is 0 Å². The third kappa shape index (κ3) is 5.81. The van der Waals surface area contributed by atoms with Gasteiger partial charge in [0.25, 0.3) is 0 Å². The number of ether oxygens (including phenoxy) is 1. The molecule has 5 atom stereocenters. The standard InChI is InChI=1S/C29H39NO4/c1-29(2)22-16-26(29)25(11-5-3-4-6-12-28(32)33)27(17-22)30-18-23(31)19-34-24-14-13-20-9-7-8-10-21(20)15-24/h3,5,7-10,13-15,22-23,25-27,30-31H,4,6,11-12,16-19H2,1-2H3,(H,32,33)/b5-3-/t22-,23-,25+,26+,27+/m1/s1. The van der Waals surface area contributed by atoms with Crippen LogP contribution in [0.15, 0.2) is 54.6 Å². The number of fused-ring (bicyclic) bond motifs is 3. The highest BCUT2D eigenvalue weighted by Gasteiger charge is 2.56. The third-order valence-electron chi connectivity index (χ3n) is 8.23. The molecule has 3 aliphatic carbocycles. The number of carboxylic acid groups (broad SMARTS) is 1. The van der Waals surface area contributed by atoms with Gasteiger partial charge in [-0.1, -0.05) is 56.3 Å². The molecule has 3 N–H and O–H groups in total. The molecule has 2 aromatic carbocycles. The maximum absolute atomic E-state index is 10.7. The minimum Gasteiger partial charge on any atom is -0.491 e. The van der Waals surface area contributed by atoms with Gasteiger partial charge in [-0.15, -0.1) is 0 Å². The Morgan fingerprint density at radius 3 is 2.74 bits per heavy atom. The third-order valence-corrected chi connectivity index (χ3v) is 8.23. The van der Waals surface area contributed by atoms with Crippen LogP contribution in [0.1, 0.15) is 52.4 Å². The van der Waals surface area contributed by atoms with E-state index in [1.165, 1.54) is 11.8 Å². The number of aliphatic carboxylic acids is 1. The van der Waals surface area contributed by atoms with Gasteiger partial charge < -0.3 is 20.3 Å². The lowest BCUT2D eigenvalue weighted by molar-refractivity contribution is -0.137. The second-order valence-corrected chi connectivity index (χ2v) is 10.7. The van der Waals surface area contributed by atoms with Crippen LogP contribution < -0.4 is 10.1 Å². The minimum atomic E-state index is -0.727. The number of aliphatic hydroxyl groups is 1. The second-order valence-electron chi connectivity index (χ2n) is 10.7. The summed E-state index contributed by atoms with van der Waals surface area (Å²) in [7, 11) is 0. The fourth-order valence-electron chi connectivity index (χ4n) is 6.05. The van der Waals surface area contributed by atoms with Gasteiger partial charge in [-0.25, -0.2) is 0 Å². The average molecular weight is 466 g/mol. The predicted octanol–water partition coefficient (Wildman–Crippen LogP) is 5.42. The Bertz CT molecular complexity index is 1000. The van der Waals surface area contributed by atoms with Crippen LogP contribution in [0.25, 0.3) is 10.8 Å². The van der Waals surface area contributed by atoms with Crippen molar-refractivity contribution in [3.63, 3.8) is 0 Å². The summed E-state index contributed by atoms with van der Waals surface area (Å²) in [4.78, 5) is 10.7. The monoisotopic (exact) mass is 465 g/mol. The number of allylic oxidation sites excluding steroid dienone is 2. The Labute approximate surface area is 203 Å². The van der Waals surface area contributed by atoms with Crippen molar-refractivity contribution in [1.29, 1.82) is 0 Å². The number of nitrogens with one attached hydrogen (secondary N) is 1. The van der Waals surface area contributed by atoms with Crippen LogP contribution in [0.5, 0.6) is 5.75 Å². The zero-order chi connectivity index (χ0) is 24.1. The van der Waals surface area contributed by atoms with E-state index in [1.807, 2.05) is 30.3 Å². The van der Waals surface area contributed by atoms with Crippen molar-refractivity contribution in [3.05, 3.63) is 54.6 Å². The summed E-state index contributed by atoms with van der Waals surface area (Å²) < 4.78 is 5.88. The van der Waals surface area contributed by atoms with E-state index in [4.69, 9.17) is 9.84 Å². The highest BCUT2D eigenvalue weighted by atomic mass is 16.5. The highest BCUT2D eigenvalue weighted by Crippen LogP contribution is 2.62. The van der Waals surface area contributed by atoms with Gasteiger partial charge in [-0.3, -0.25) is 4.79 Å². The molecule has 0 spiro atoms. The molecular formula is C29H39NO4. The molecule has 0 heterocycles. The number of aliphatic hydroxyl groups excluding tert-OH is 1. The lowest BCUT2D eigenvalue weighted by atomic mass is 9.44. The van der Waals surface area contributed by atoms with E-state index >= 15 is 0 Å². The molecule has 2 aromatic rings. The Balaban J connectivity index is 1.26. The molecule has 184 valence electrons. The number of hydrogen-bond donors (Lipinski definition) is 3. The molecule has 0 unspecified atom stereocenters. The van der Waals surface area contributed by atoms with E-state index in [0.717, 1.165) is 36.3 Å². The number of unbranched alkanes of at least 4 members (excludes halogenated alkanes) is 1. The van der Waals surface area contributed by atoms with Crippen LogP contribution >= 0.6 is 0 Å². The number of carboxylic acids is 1. The predicted molar refractivity (Wildman–Crippen MR) is 136 cm³/mol. The Kier molecular flexibility index (Phi) is 7.95. The van der Waals surface area contributed by atoms with Crippen LogP contribution in [-0.2, 0) is 4.79 Å². The molecule has 3 saturated carbocycles. The zero-order valence-corrected chi connectivity index (χ0v) is 20.5. The van der Waals surface area contributed by atoms with E-state index in [2.05, 4.69) is 43.4 Å². The summed E-state index contributed by atoms with van der Waals surface area (Å²) in [6.07, 6.45) is 9.03. The summed E-state index contributed by atoms with van der Waals surface area (Å²) in [5, 5.41) is 25.4. The van der Waals surface area contributed by atoms with Crippen LogP contribution in [0.4, 0.5) is 0 Å². The number of benzene rings is 2. The van der Waals surface area contributed by atoms with Crippen molar-refractivity contribution in [3.8, 4) is 5.75 Å². The second kappa shape index (κ2) is 10.9. The normalized spacial score (nSPS) is 26.3. The van der Waals surface area contributed by atoms with Gasteiger partial charge in [0.1, 0.15) is 18.5 Å². The lowest BCUT2D eigenvalue weighted by Gasteiger charge is -2.63. The zero-order valence-electron chi connectivity index (χ0n) is 20.5. The van der Waals surface area contributed by atoms with Crippen LogP contribution in [-0.4, -0.2) is 41.5 Å². The summed E-state index contributed by atoms with van der Waals surface area (Å²) in [5.74, 6) is 2.04. The van der Waals surface area contributed by atoms with Crippen LogP contribution in [0.2, 0.25) is 0 Å².